The van der Waals surface area contributed by atoms with Gasteiger partial charge < -0.3 is 9.47 Å². The number of hydrogen-bond donors (Lipinski definition) is 0. The molecule has 0 bridgehead atoms. The van der Waals surface area contributed by atoms with Gasteiger partial charge in [-0.15, -0.1) is 0 Å². The first-order valence-electron chi connectivity index (χ1n) is 5.73. The van der Waals surface area contributed by atoms with Crippen LogP contribution >= 0.6 is 0 Å². The van der Waals surface area contributed by atoms with E-state index >= 15 is 0 Å². The Hall–Kier alpha value is -2.12. The van der Waals surface area contributed by atoms with Crippen molar-refractivity contribution in [2.24, 2.45) is 0 Å². The molecule has 0 aromatic rings. The summed E-state index contributed by atoms with van der Waals surface area (Å²) in [7, 11) is 0. The fraction of sp³-hybridized carbons (Fsp3) is 0.667. The molecule has 0 fully saturated rings. The molecule has 0 aromatic carbocycles. The van der Waals surface area contributed by atoms with E-state index in [9.17, 15) is 10.1 Å². The van der Waals surface area contributed by atoms with Gasteiger partial charge in [0.15, 0.2) is 6.61 Å². The SMILES string of the molecule is CC(C)(CCC#N)OCC(CO/C=C/C#N)[N+](=O)[O-]. The lowest BCUT2D eigenvalue weighted by Crippen LogP contribution is -2.35. The average Bonchev–Trinajstić information content (AvgIpc) is 2.35. The maximum atomic E-state index is 10.8. The summed E-state index contributed by atoms with van der Waals surface area (Å²) in [6.07, 6.45) is 3.03. The van der Waals surface area contributed by atoms with E-state index in [1.165, 1.54) is 0 Å². The second kappa shape index (κ2) is 8.90. The zero-order valence-electron chi connectivity index (χ0n) is 11.0. The van der Waals surface area contributed by atoms with Crippen LogP contribution in [0.1, 0.15) is 26.7 Å². The van der Waals surface area contributed by atoms with E-state index in [0.29, 0.717) is 12.8 Å². The molecule has 0 saturated heterocycles. The van der Waals surface area contributed by atoms with Crippen molar-refractivity contribution in [2.75, 3.05) is 13.2 Å². The molecule has 0 radical (unpaired) electrons. The zero-order chi connectivity index (χ0) is 14.7. The van der Waals surface area contributed by atoms with E-state index in [-0.39, 0.29) is 13.2 Å². The molecular formula is C12H17N3O4. The van der Waals surface area contributed by atoms with Crippen molar-refractivity contribution in [1.29, 1.82) is 10.5 Å². The van der Waals surface area contributed by atoms with E-state index in [1.807, 2.05) is 6.07 Å². The summed E-state index contributed by atoms with van der Waals surface area (Å²) in [5.74, 6) is 0. The lowest BCUT2D eigenvalue weighted by Gasteiger charge is -2.24. The van der Waals surface area contributed by atoms with Crippen LogP contribution in [0.3, 0.4) is 0 Å². The number of hydrogen-bond acceptors (Lipinski definition) is 6. The number of nitriles is 2. The molecule has 0 saturated carbocycles. The van der Waals surface area contributed by atoms with E-state index in [2.05, 4.69) is 0 Å². The van der Waals surface area contributed by atoms with Crippen LogP contribution in [0.5, 0.6) is 0 Å². The van der Waals surface area contributed by atoms with Crippen molar-refractivity contribution < 1.29 is 14.4 Å². The van der Waals surface area contributed by atoms with Crippen LogP contribution in [0.4, 0.5) is 0 Å². The van der Waals surface area contributed by atoms with Gasteiger partial charge in [0.25, 0.3) is 6.04 Å². The summed E-state index contributed by atoms with van der Waals surface area (Å²) in [6, 6.07) is 2.71. The highest BCUT2D eigenvalue weighted by atomic mass is 16.6. The zero-order valence-corrected chi connectivity index (χ0v) is 11.0. The molecule has 0 rings (SSSR count). The van der Waals surface area contributed by atoms with Crippen LogP contribution in [0, 0.1) is 32.8 Å². The second-order valence-corrected chi connectivity index (χ2v) is 4.43. The second-order valence-electron chi connectivity index (χ2n) is 4.43. The predicted molar refractivity (Wildman–Crippen MR) is 66.4 cm³/mol. The molecule has 0 heterocycles. The third-order valence-corrected chi connectivity index (χ3v) is 2.33. The van der Waals surface area contributed by atoms with Crippen molar-refractivity contribution in [1.82, 2.24) is 0 Å². The lowest BCUT2D eigenvalue weighted by atomic mass is 10.0. The van der Waals surface area contributed by atoms with Gasteiger partial charge in [0.2, 0.25) is 0 Å². The summed E-state index contributed by atoms with van der Waals surface area (Å²) in [5, 5.41) is 27.5. The van der Waals surface area contributed by atoms with Crippen LogP contribution in [0.25, 0.3) is 0 Å². The number of nitro groups is 1. The minimum Gasteiger partial charge on any atom is -0.493 e. The van der Waals surface area contributed by atoms with Crippen molar-refractivity contribution in [3.63, 3.8) is 0 Å². The van der Waals surface area contributed by atoms with Gasteiger partial charge in [-0.05, 0) is 20.3 Å². The fourth-order valence-corrected chi connectivity index (χ4v) is 1.17. The Kier molecular flexibility index (Phi) is 7.90. The highest BCUT2D eigenvalue weighted by Crippen LogP contribution is 2.17. The van der Waals surface area contributed by atoms with Crippen LogP contribution < -0.4 is 0 Å². The van der Waals surface area contributed by atoms with E-state index in [0.717, 1.165) is 12.3 Å². The molecule has 1 unspecified atom stereocenters. The Morgan fingerprint density at radius 2 is 2.11 bits per heavy atom. The summed E-state index contributed by atoms with van der Waals surface area (Å²) < 4.78 is 10.3. The molecule has 0 N–H and O–H groups in total. The normalized spacial score (nSPS) is 12.6. The van der Waals surface area contributed by atoms with E-state index in [4.69, 9.17) is 20.0 Å². The maximum Gasteiger partial charge on any atom is 0.269 e. The van der Waals surface area contributed by atoms with Crippen molar-refractivity contribution in [2.45, 2.75) is 38.3 Å². The van der Waals surface area contributed by atoms with Crippen LogP contribution in [0.15, 0.2) is 12.3 Å². The first-order valence-corrected chi connectivity index (χ1v) is 5.73. The lowest BCUT2D eigenvalue weighted by molar-refractivity contribution is -0.531. The van der Waals surface area contributed by atoms with Gasteiger partial charge in [0.1, 0.15) is 6.61 Å². The molecule has 7 nitrogen and oxygen atoms in total. The first kappa shape index (κ1) is 16.9. The van der Waals surface area contributed by atoms with Gasteiger partial charge >= 0.3 is 0 Å². The third kappa shape index (κ3) is 8.58. The molecule has 0 aliphatic rings. The molecule has 0 aromatic heterocycles. The van der Waals surface area contributed by atoms with Crippen LogP contribution in [-0.2, 0) is 9.47 Å². The topological polar surface area (TPSA) is 109 Å². The summed E-state index contributed by atoms with van der Waals surface area (Å²) in [5.41, 5.74) is -0.591. The van der Waals surface area contributed by atoms with Gasteiger partial charge in [-0.1, -0.05) is 0 Å². The summed E-state index contributed by atoms with van der Waals surface area (Å²) in [4.78, 5) is 10.3. The molecule has 104 valence electrons. The van der Waals surface area contributed by atoms with Gasteiger partial charge in [0, 0.05) is 11.3 Å². The summed E-state index contributed by atoms with van der Waals surface area (Å²) >= 11 is 0. The highest BCUT2D eigenvalue weighted by molar-refractivity contribution is 4.97. The number of ether oxygens (including phenoxy) is 2. The summed E-state index contributed by atoms with van der Waals surface area (Å²) in [6.45, 7) is 3.28. The first-order chi connectivity index (χ1) is 8.93. The number of rotatable bonds is 9. The minimum atomic E-state index is -1.01. The molecule has 1 atom stereocenters. The molecule has 0 spiro atoms. The maximum absolute atomic E-state index is 10.8. The largest absolute Gasteiger partial charge is 0.493 e. The van der Waals surface area contributed by atoms with E-state index in [1.54, 1.807) is 19.9 Å². The Balaban J connectivity index is 4.22. The van der Waals surface area contributed by atoms with Gasteiger partial charge in [0.05, 0.1) is 30.1 Å². The predicted octanol–water partition coefficient (Wildman–Crippen LogP) is 1.78. The number of nitrogens with zero attached hydrogens (tertiary/aromatic N) is 3. The Morgan fingerprint density at radius 1 is 1.42 bits per heavy atom. The molecule has 7 heteroatoms. The molecular weight excluding hydrogens is 250 g/mol. The van der Waals surface area contributed by atoms with Gasteiger partial charge in [-0.2, -0.15) is 10.5 Å². The van der Waals surface area contributed by atoms with Crippen molar-refractivity contribution >= 4 is 0 Å². The quantitative estimate of drug-likeness (QED) is 0.272. The Morgan fingerprint density at radius 3 is 2.63 bits per heavy atom. The Labute approximate surface area is 112 Å². The number of allylic oxidation sites excluding steroid dienone is 1. The third-order valence-electron chi connectivity index (χ3n) is 2.33. The smallest absolute Gasteiger partial charge is 0.269 e. The average molecular weight is 267 g/mol. The van der Waals surface area contributed by atoms with E-state index < -0.39 is 16.6 Å². The monoisotopic (exact) mass is 267 g/mol. The molecule has 0 amide bonds. The minimum absolute atomic E-state index is 0.105. The Bertz CT molecular complexity index is 393. The highest BCUT2D eigenvalue weighted by Gasteiger charge is 2.26. The molecule has 0 aliphatic carbocycles. The van der Waals surface area contributed by atoms with Crippen LogP contribution in [0.2, 0.25) is 0 Å². The molecule has 19 heavy (non-hydrogen) atoms. The van der Waals surface area contributed by atoms with Crippen LogP contribution in [-0.4, -0.2) is 29.8 Å². The standard InChI is InChI=1S/C12H17N3O4/c1-12(2,5-3-6-13)19-10-11(15(16)17)9-18-8-4-7-14/h4,8,11H,3,5,9-10H2,1-2H3/b8-4+. The fourth-order valence-electron chi connectivity index (χ4n) is 1.17. The molecule has 0 aliphatic heterocycles. The van der Waals surface area contributed by atoms with Gasteiger partial charge in [-0.25, -0.2) is 0 Å². The van der Waals surface area contributed by atoms with Crippen molar-refractivity contribution in [3.05, 3.63) is 22.5 Å². The van der Waals surface area contributed by atoms with Crippen molar-refractivity contribution in [3.8, 4) is 12.1 Å². The van der Waals surface area contributed by atoms with Gasteiger partial charge in [-0.3, -0.25) is 10.1 Å².